The summed E-state index contributed by atoms with van der Waals surface area (Å²) < 4.78 is 48.0. The molecule has 1 saturated heterocycles. The Morgan fingerprint density at radius 2 is 1.86 bits per heavy atom. The first kappa shape index (κ1) is 18.7. The van der Waals surface area contributed by atoms with Gasteiger partial charge in [-0.15, -0.1) is 0 Å². The Morgan fingerprint density at radius 3 is 2.29 bits per heavy atom. The predicted octanol–water partition coefficient (Wildman–Crippen LogP) is 2.26. The smallest absolute Gasteiger partial charge is 0.457 e. The summed E-state index contributed by atoms with van der Waals surface area (Å²) in [5.41, 5.74) is -1.51. The van der Waals surface area contributed by atoms with Crippen molar-refractivity contribution in [3.8, 4) is 0 Å². The van der Waals surface area contributed by atoms with E-state index in [2.05, 4.69) is 31.9 Å². The maximum absolute atomic E-state index is 12.5. The molecular formula is C11H14Br2F3NO4. The van der Waals surface area contributed by atoms with Crippen molar-refractivity contribution in [3.05, 3.63) is 0 Å². The molecule has 1 heterocycles. The topological polar surface area (TPSA) is 64.6 Å². The van der Waals surface area contributed by atoms with Crippen LogP contribution in [-0.4, -0.2) is 45.6 Å². The third-order valence-electron chi connectivity index (χ3n) is 3.10. The van der Waals surface area contributed by atoms with E-state index in [4.69, 9.17) is 9.47 Å². The fourth-order valence-electron chi connectivity index (χ4n) is 2.11. The van der Waals surface area contributed by atoms with Gasteiger partial charge in [0.25, 0.3) is 0 Å². The van der Waals surface area contributed by atoms with Crippen molar-refractivity contribution in [1.82, 2.24) is 5.32 Å². The van der Waals surface area contributed by atoms with Crippen LogP contribution in [0.25, 0.3) is 0 Å². The lowest BCUT2D eigenvalue weighted by atomic mass is 9.85. The standard InChI is InChI=1S/C11H14Br2F3NO4/c1-4-7(21-5(2)18)10(3,6(12)8(13)20-4)17-9(19)11(14,15)16/h4,6-8H,1-3H3,(H,17,19)/t4-,6-,7-,8+,10+/m0/s1. The zero-order valence-corrected chi connectivity index (χ0v) is 14.5. The highest BCUT2D eigenvalue weighted by Crippen LogP contribution is 2.39. The van der Waals surface area contributed by atoms with Gasteiger partial charge in [0.1, 0.15) is 5.01 Å². The molecule has 0 unspecified atom stereocenters. The monoisotopic (exact) mass is 439 g/mol. The highest BCUT2D eigenvalue weighted by atomic mass is 79.9. The quantitative estimate of drug-likeness (QED) is 0.528. The number of halogens is 5. The van der Waals surface area contributed by atoms with Crippen LogP contribution in [0.15, 0.2) is 0 Å². The molecule has 0 saturated carbocycles. The number of hydrogen-bond donors (Lipinski definition) is 1. The molecule has 1 aliphatic rings. The number of rotatable bonds is 2. The largest absolute Gasteiger partial charge is 0.471 e. The molecule has 10 heteroatoms. The first-order valence-corrected chi connectivity index (χ1v) is 7.73. The average molecular weight is 441 g/mol. The molecule has 0 aromatic rings. The number of hydrogen-bond acceptors (Lipinski definition) is 4. The van der Waals surface area contributed by atoms with Crippen molar-refractivity contribution in [2.75, 3.05) is 0 Å². The molecule has 0 radical (unpaired) electrons. The van der Waals surface area contributed by atoms with Crippen molar-refractivity contribution < 1.29 is 32.2 Å². The fraction of sp³-hybridized carbons (Fsp3) is 0.818. The summed E-state index contributed by atoms with van der Waals surface area (Å²) >= 11 is 6.35. The maximum atomic E-state index is 12.5. The summed E-state index contributed by atoms with van der Waals surface area (Å²) in [4.78, 5) is 21.7. The van der Waals surface area contributed by atoms with Gasteiger partial charge in [0, 0.05) is 6.92 Å². The van der Waals surface area contributed by atoms with E-state index in [1.165, 1.54) is 6.92 Å². The number of carbonyl (C=O) groups excluding carboxylic acids is 2. The van der Waals surface area contributed by atoms with Crippen LogP contribution in [0.1, 0.15) is 20.8 Å². The van der Waals surface area contributed by atoms with Crippen LogP contribution >= 0.6 is 31.9 Å². The van der Waals surface area contributed by atoms with Crippen molar-refractivity contribution in [1.29, 1.82) is 0 Å². The summed E-state index contributed by atoms with van der Waals surface area (Å²) in [6.07, 6.45) is -6.84. The second kappa shape index (κ2) is 6.41. The molecule has 122 valence electrons. The minimum Gasteiger partial charge on any atom is -0.457 e. The Labute approximate surface area is 136 Å². The van der Waals surface area contributed by atoms with Crippen LogP contribution in [0.5, 0.6) is 0 Å². The lowest BCUT2D eigenvalue weighted by molar-refractivity contribution is -0.188. The predicted molar refractivity (Wildman–Crippen MR) is 74.1 cm³/mol. The van der Waals surface area contributed by atoms with Gasteiger partial charge in [0.15, 0.2) is 6.10 Å². The van der Waals surface area contributed by atoms with Gasteiger partial charge in [-0.05, 0) is 13.8 Å². The molecule has 1 rings (SSSR count). The first-order chi connectivity index (χ1) is 9.39. The lowest BCUT2D eigenvalue weighted by Crippen LogP contribution is -2.70. The lowest BCUT2D eigenvalue weighted by Gasteiger charge is -2.49. The summed E-state index contributed by atoms with van der Waals surface area (Å²) in [6.45, 7) is 4.03. The average Bonchev–Trinajstić information content (AvgIpc) is 2.31. The highest BCUT2D eigenvalue weighted by molar-refractivity contribution is 9.12. The molecule has 1 N–H and O–H groups in total. The van der Waals surface area contributed by atoms with Gasteiger partial charge < -0.3 is 14.8 Å². The zero-order valence-electron chi connectivity index (χ0n) is 11.3. The molecule has 0 aromatic carbocycles. The molecule has 0 aliphatic carbocycles. The normalized spacial score (nSPS) is 37.0. The number of ether oxygens (including phenoxy) is 2. The molecule has 21 heavy (non-hydrogen) atoms. The highest BCUT2D eigenvalue weighted by Gasteiger charge is 2.56. The van der Waals surface area contributed by atoms with Gasteiger partial charge in [-0.25, -0.2) is 0 Å². The van der Waals surface area contributed by atoms with Crippen LogP contribution in [0.4, 0.5) is 13.2 Å². The van der Waals surface area contributed by atoms with Gasteiger partial charge in [0.2, 0.25) is 0 Å². The molecule has 1 fully saturated rings. The summed E-state index contributed by atoms with van der Waals surface area (Å²) in [5.74, 6) is -2.80. The second-order valence-electron chi connectivity index (χ2n) is 4.86. The van der Waals surface area contributed by atoms with Gasteiger partial charge in [0.05, 0.1) is 16.5 Å². The van der Waals surface area contributed by atoms with E-state index in [1.54, 1.807) is 6.92 Å². The van der Waals surface area contributed by atoms with E-state index in [9.17, 15) is 22.8 Å². The molecule has 0 aromatic heterocycles. The van der Waals surface area contributed by atoms with Gasteiger partial charge in [-0.3, -0.25) is 9.59 Å². The van der Waals surface area contributed by atoms with E-state index < -0.39 is 45.6 Å². The van der Waals surface area contributed by atoms with Crippen LogP contribution in [0, 0.1) is 0 Å². The van der Waals surface area contributed by atoms with Crippen molar-refractivity contribution >= 4 is 43.7 Å². The number of carbonyl (C=O) groups is 2. The minimum absolute atomic E-state index is 0.669. The minimum atomic E-state index is -5.04. The van der Waals surface area contributed by atoms with Gasteiger partial charge in [-0.1, -0.05) is 31.9 Å². The number of nitrogens with one attached hydrogen (secondary N) is 1. The van der Waals surface area contributed by atoms with Gasteiger partial charge >= 0.3 is 18.1 Å². The SMILES string of the molecule is CC(=O)O[C@H]1[C@H](C)O[C@@H](Br)[C@H](Br)[C@@]1(C)NC(=O)C(F)(F)F. The van der Waals surface area contributed by atoms with E-state index in [1.807, 2.05) is 5.32 Å². The molecule has 5 atom stereocenters. The number of alkyl halides is 5. The maximum Gasteiger partial charge on any atom is 0.471 e. The zero-order chi connectivity index (χ0) is 16.6. The Balaban J connectivity index is 3.13. The van der Waals surface area contributed by atoms with Crippen LogP contribution in [0.3, 0.4) is 0 Å². The van der Waals surface area contributed by atoms with E-state index in [0.29, 0.717) is 0 Å². The molecule has 1 aliphatic heterocycles. The first-order valence-electron chi connectivity index (χ1n) is 5.89. The summed E-state index contributed by atoms with van der Waals surface area (Å²) in [6, 6.07) is 0. The van der Waals surface area contributed by atoms with E-state index in [-0.39, 0.29) is 0 Å². The number of esters is 1. The van der Waals surface area contributed by atoms with Crippen molar-refractivity contribution in [3.63, 3.8) is 0 Å². The van der Waals surface area contributed by atoms with Crippen LogP contribution < -0.4 is 5.32 Å². The second-order valence-corrected chi connectivity index (χ2v) is 6.75. The van der Waals surface area contributed by atoms with Crippen LogP contribution in [0.2, 0.25) is 0 Å². The molecule has 0 spiro atoms. The van der Waals surface area contributed by atoms with E-state index >= 15 is 0 Å². The third kappa shape index (κ3) is 4.10. The molecule has 5 nitrogen and oxygen atoms in total. The Kier molecular flexibility index (Phi) is 5.71. The van der Waals surface area contributed by atoms with Gasteiger partial charge in [-0.2, -0.15) is 13.2 Å². The third-order valence-corrected chi connectivity index (χ3v) is 5.98. The summed E-state index contributed by atoms with van der Waals surface area (Å²) in [5, 5.41) is 1.23. The molecule has 1 amide bonds. The summed E-state index contributed by atoms with van der Waals surface area (Å²) in [7, 11) is 0. The molecule has 0 bridgehead atoms. The Bertz CT molecular complexity index is 434. The fourth-order valence-corrected chi connectivity index (χ4v) is 3.50. The Morgan fingerprint density at radius 1 is 1.33 bits per heavy atom. The Hall–Kier alpha value is -0.350. The number of amides is 1. The van der Waals surface area contributed by atoms with Crippen LogP contribution in [-0.2, 0) is 19.1 Å². The molecular weight excluding hydrogens is 427 g/mol. The van der Waals surface area contributed by atoms with Crippen molar-refractivity contribution in [2.24, 2.45) is 0 Å². The van der Waals surface area contributed by atoms with Crippen molar-refractivity contribution in [2.45, 2.75) is 54.5 Å². The van der Waals surface area contributed by atoms with E-state index in [0.717, 1.165) is 6.92 Å².